The van der Waals surface area contributed by atoms with Crippen molar-refractivity contribution in [3.8, 4) is 5.75 Å². The molecule has 1 heterocycles. The zero-order valence-electron chi connectivity index (χ0n) is 12.4. The molecule has 1 atom stereocenters. The summed E-state index contributed by atoms with van der Waals surface area (Å²) in [5, 5.41) is 3.07. The zero-order valence-corrected chi connectivity index (χ0v) is 12.4. The Morgan fingerprint density at radius 2 is 1.86 bits per heavy atom. The molecule has 6 heteroatoms. The number of ether oxygens (including phenoxy) is 3. The van der Waals surface area contributed by atoms with E-state index in [1.54, 1.807) is 25.1 Å². The SMILES string of the molecule is COC(=O)C1=CC(C)(C(=O)OC)Nc2c(OC)cccc21. The normalized spacial score (nSPS) is 19.7. The lowest BCUT2D eigenvalue weighted by atomic mass is 9.88. The van der Waals surface area contributed by atoms with Gasteiger partial charge >= 0.3 is 11.9 Å². The second-order valence-electron chi connectivity index (χ2n) is 4.75. The molecule has 0 saturated heterocycles. The highest BCUT2D eigenvalue weighted by Gasteiger charge is 2.39. The van der Waals surface area contributed by atoms with Crippen LogP contribution in [0, 0.1) is 0 Å². The van der Waals surface area contributed by atoms with Crippen molar-refractivity contribution < 1.29 is 23.8 Å². The van der Waals surface area contributed by atoms with Gasteiger partial charge in [0.2, 0.25) is 0 Å². The quantitative estimate of drug-likeness (QED) is 0.853. The number of carbonyl (C=O) groups is 2. The smallest absolute Gasteiger partial charge is 0.338 e. The van der Waals surface area contributed by atoms with Gasteiger partial charge in [-0.3, -0.25) is 0 Å². The Kier molecular flexibility index (Phi) is 3.88. The summed E-state index contributed by atoms with van der Waals surface area (Å²) in [6.45, 7) is 1.62. The van der Waals surface area contributed by atoms with Crippen molar-refractivity contribution in [1.29, 1.82) is 0 Å². The van der Waals surface area contributed by atoms with E-state index < -0.39 is 17.5 Å². The lowest BCUT2D eigenvalue weighted by Gasteiger charge is -2.32. The lowest BCUT2D eigenvalue weighted by Crippen LogP contribution is -2.45. The van der Waals surface area contributed by atoms with Gasteiger partial charge in [0, 0.05) is 5.56 Å². The van der Waals surface area contributed by atoms with Gasteiger partial charge in [0.15, 0.2) is 5.54 Å². The highest BCUT2D eigenvalue weighted by molar-refractivity contribution is 6.21. The Morgan fingerprint density at radius 1 is 1.14 bits per heavy atom. The minimum Gasteiger partial charge on any atom is -0.495 e. The number of methoxy groups -OCH3 is 3. The van der Waals surface area contributed by atoms with Crippen molar-refractivity contribution in [2.45, 2.75) is 12.5 Å². The van der Waals surface area contributed by atoms with Crippen LogP contribution in [0.1, 0.15) is 12.5 Å². The van der Waals surface area contributed by atoms with Crippen molar-refractivity contribution in [1.82, 2.24) is 0 Å². The summed E-state index contributed by atoms with van der Waals surface area (Å²) in [6, 6.07) is 5.26. The standard InChI is InChI=1S/C15H17NO5/c1-15(14(18)21-4)8-10(13(17)20-3)9-6-5-7-11(19-2)12(9)16-15/h5-8,16H,1-4H3. The van der Waals surface area contributed by atoms with Gasteiger partial charge in [-0.25, -0.2) is 9.59 Å². The largest absolute Gasteiger partial charge is 0.495 e. The van der Waals surface area contributed by atoms with Crippen LogP contribution < -0.4 is 10.1 Å². The number of para-hydroxylation sites is 1. The van der Waals surface area contributed by atoms with Gasteiger partial charge in [-0.15, -0.1) is 0 Å². The van der Waals surface area contributed by atoms with Gasteiger partial charge in [-0.05, 0) is 19.1 Å². The van der Waals surface area contributed by atoms with Crippen LogP contribution in [-0.2, 0) is 19.1 Å². The fourth-order valence-corrected chi connectivity index (χ4v) is 2.32. The number of hydrogen-bond acceptors (Lipinski definition) is 6. The molecule has 0 aliphatic carbocycles. The molecule has 1 aromatic carbocycles. The molecule has 0 fully saturated rings. The Morgan fingerprint density at radius 3 is 2.43 bits per heavy atom. The van der Waals surface area contributed by atoms with E-state index in [0.717, 1.165) is 0 Å². The first-order chi connectivity index (χ1) is 9.96. The van der Waals surface area contributed by atoms with E-state index in [1.807, 2.05) is 0 Å². The van der Waals surface area contributed by atoms with Gasteiger partial charge in [0.1, 0.15) is 5.75 Å². The summed E-state index contributed by atoms with van der Waals surface area (Å²) in [5.41, 5.74) is 0.274. The van der Waals surface area contributed by atoms with Crippen molar-refractivity contribution >= 4 is 23.2 Å². The van der Waals surface area contributed by atoms with Crippen LogP contribution in [0.15, 0.2) is 24.3 Å². The molecule has 6 nitrogen and oxygen atoms in total. The fourth-order valence-electron chi connectivity index (χ4n) is 2.32. The minimum absolute atomic E-state index is 0.290. The topological polar surface area (TPSA) is 73.9 Å². The molecule has 0 bridgehead atoms. The molecule has 0 amide bonds. The zero-order chi connectivity index (χ0) is 15.6. The number of rotatable bonds is 3. The third-order valence-corrected chi connectivity index (χ3v) is 3.37. The maximum Gasteiger partial charge on any atom is 0.338 e. The third-order valence-electron chi connectivity index (χ3n) is 3.37. The molecule has 1 aromatic rings. The van der Waals surface area contributed by atoms with E-state index in [4.69, 9.17) is 14.2 Å². The summed E-state index contributed by atoms with van der Waals surface area (Å²) < 4.78 is 14.9. The lowest BCUT2D eigenvalue weighted by molar-refractivity contribution is -0.143. The van der Waals surface area contributed by atoms with Crippen LogP contribution in [0.3, 0.4) is 0 Å². The number of nitrogens with one attached hydrogen (secondary N) is 1. The Labute approximate surface area is 122 Å². The molecule has 0 spiro atoms. The molecule has 0 aromatic heterocycles. The Hall–Kier alpha value is -2.50. The van der Waals surface area contributed by atoms with Crippen LogP contribution in [0.25, 0.3) is 5.57 Å². The number of anilines is 1. The van der Waals surface area contributed by atoms with E-state index in [9.17, 15) is 9.59 Å². The van der Waals surface area contributed by atoms with Crippen molar-refractivity contribution in [3.05, 3.63) is 29.8 Å². The molecule has 1 N–H and O–H groups in total. The van der Waals surface area contributed by atoms with Gasteiger partial charge in [-0.1, -0.05) is 12.1 Å². The van der Waals surface area contributed by atoms with Crippen LogP contribution in [0.2, 0.25) is 0 Å². The molecule has 0 radical (unpaired) electrons. The first-order valence-corrected chi connectivity index (χ1v) is 6.32. The van der Waals surface area contributed by atoms with E-state index in [0.29, 0.717) is 17.0 Å². The number of hydrogen-bond donors (Lipinski definition) is 1. The van der Waals surface area contributed by atoms with E-state index in [2.05, 4.69) is 5.32 Å². The summed E-state index contributed by atoms with van der Waals surface area (Å²) in [6.07, 6.45) is 1.51. The second-order valence-corrected chi connectivity index (χ2v) is 4.75. The van der Waals surface area contributed by atoms with Gasteiger partial charge < -0.3 is 19.5 Å². The molecule has 1 aliphatic rings. The summed E-state index contributed by atoms with van der Waals surface area (Å²) in [4.78, 5) is 24.0. The molecule has 1 unspecified atom stereocenters. The predicted octanol–water partition coefficient (Wildman–Crippen LogP) is 1.61. The predicted molar refractivity (Wildman–Crippen MR) is 77.0 cm³/mol. The van der Waals surface area contributed by atoms with Gasteiger partial charge in [0.05, 0.1) is 32.6 Å². The van der Waals surface area contributed by atoms with Crippen molar-refractivity contribution in [2.75, 3.05) is 26.6 Å². The van der Waals surface area contributed by atoms with Crippen LogP contribution in [0.5, 0.6) is 5.75 Å². The number of carbonyl (C=O) groups excluding carboxylic acids is 2. The van der Waals surface area contributed by atoms with E-state index >= 15 is 0 Å². The van der Waals surface area contributed by atoms with E-state index in [-0.39, 0.29) is 5.57 Å². The van der Waals surface area contributed by atoms with Gasteiger partial charge in [-0.2, -0.15) is 0 Å². The number of benzene rings is 1. The average Bonchev–Trinajstić information content (AvgIpc) is 2.51. The van der Waals surface area contributed by atoms with Crippen LogP contribution >= 0.6 is 0 Å². The molecule has 0 saturated carbocycles. The molecule has 112 valence electrons. The van der Waals surface area contributed by atoms with Gasteiger partial charge in [0.25, 0.3) is 0 Å². The summed E-state index contributed by atoms with van der Waals surface area (Å²) in [7, 11) is 4.10. The fraction of sp³-hybridized carbons (Fsp3) is 0.333. The monoisotopic (exact) mass is 291 g/mol. The maximum absolute atomic E-state index is 12.0. The minimum atomic E-state index is -1.18. The first-order valence-electron chi connectivity index (χ1n) is 6.32. The third kappa shape index (κ3) is 2.44. The molecular weight excluding hydrogens is 274 g/mol. The van der Waals surface area contributed by atoms with Crippen molar-refractivity contribution in [2.24, 2.45) is 0 Å². The van der Waals surface area contributed by atoms with Crippen molar-refractivity contribution in [3.63, 3.8) is 0 Å². The molecule has 21 heavy (non-hydrogen) atoms. The average molecular weight is 291 g/mol. The summed E-state index contributed by atoms with van der Waals surface area (Å²) in [5.74, 6) is -0.515. The second kappa shape index (κ2) is 5.47. The van der Waals surface area contributed by atoms with Crippen LogP contribution in [-0.4, -0.2) is 38.8 Å². The molecule has 1 aliphatic heterocycles. The Balaban J connectivity index is 2.66. The summed E-state index contributed by atoms with van der Waals surface area (Å²) >= 11 is 0. The first kappa shape index (κ1) is 14.9. The Bertz CT molecular complexity index is 622. The number of esters is 2. The molecular formula is C15H17NO5. The van der Waals surface area contributed by atoms with E-state index in [1.165, 1.54) is 27.4 Å². The number of fused-ring (bicyclic) bond motifs is 1. The molecule has 2 rings (SSSR count). The highest BCUT2D eigenvalue weighted by atomic mass is 16.5. The van der Waals surface area contributed by atoms with Crippen LogP contribution in [0.4, 0.5) is 5.69 Å². The maximum atomic E-state index is 12.0. The highest BCUT2D eigenvalue weighted by Crippen LogP contribution is 2.40.